The van der Waals surface area contributed by atoms with Gasteiger partial charge in [0.05, 0.1) is 17.0 Å². The number of thioether (sulfide) groups is 1. The van der Waals surface area contributed by atoms with E-state index in [0.29, 0.717) is 21.3 Å². The number of hydrogen-bond acceptors (Lipinski definition) is 5. The predicted octanol–water partition coefficient (Wildman–Crippen LogP) is 5.92. The Morgan fingerprint density at radius 3 is 2.59 bits per heavy atom. The van der Waals surface area contributed by atoms with Crippen LogP contribution >= 0.6 is 23.1 Å². The number of fused-ring (bicyclic) bond motifs is 1. The third kappa shape index (κ3) is 4.49. The first-order valence-electron chi connectivity index (χ1n) is 10.4. The first-order chi connectivity index (χ1) is 15.3. The third-order valence-corrected chi connectivity index (χ3v) is 7.29. The van der Waals surface area contributed by atoms with Gasteiger partial charge in [-0.2, -0.15) is 0 Å². The van der Waals surface area contributed by atoms with Gasteiger partial charge in [-0.05, 0) is 66.1 Å². The molecule has 7 heteroatoms. The van der Waals surface area contributed by atoms with Crippen LogP contribution in [0.5, 0.6) is 0 Å². The summed E-state index contributed by atoms with van der Waals surface area (Å²) in [7, 11) is 0. The second-order valence-corrected chi connectivity index (χ2v) is 9.86. The number of hydrogen-bond donors (Lipinski definition) is 1. The van der Waals surface area contributed by atoms with Gasteiger partial charge >= 0.3 is 0 Å². The number of carbonyl (C=O) groups is 1. The van der Waals surface area contributed by atoms with Crippen LogP contribution < -0.4 is 10.9 Å². The van der Waals surface area contributed by atoms with E-state index in [1.807, 2.05) is 67.8 Å². The Labute approximate surface area is 195 Å². The molecule has 0 saturated carbocycles. The monoisotopic (exact) mass is 463 g/mol. The third-order valence-electron chi connectivity index (χ3n) is 5.46. The number of nitrogens with zero attached hydrogens (tertiary/aromatic N) is 2. The molecule has 2 heterocycles. The Bertz CT molecular complexity index is 1340. The molecule has 0 spiro atoms. The fourth-order valence-corrected chi connectivity index (χ4v) is 5.02. The number of carbonyl (C=O) groups excluding carboxylic acids is 1. The van der Waals surface area contributed by atoms with Crippen LogP contribution in [-0.2, 0) is 4.79 Å². The number of thiophene rings is 1. The fraction of sp³-hybridized carbons (Fsp3) is 0.240. The van der Waals surface area contributed by atoms with Crippen molar-refractivity contribution >= 4 is 44.9 Å². The molecule has 0 saturated heterocycles. The summed E-state index contributed by atoms with van der Waals surface area (Å²) < 4.78 is 2.25. The smallest absolute Gasteiger partial charge is 0.276 e. The highest BCUT2D eigenvalue weighted by Gasteiger charge is 2.17. The Kier molecular flexibility index (Phi) is 6.48. The van der Waals surface area contributed by atoms with Crippen molar-refractivity contribution in [3.63, 3.8) is 0 Å². The lowest BCUT2D eigenvalue weighted by molar-refractivity contribution is -0.113. The molecule has 2 aromatic carbocycles. The first kappa shape index (κ1) is 22.3. The van der Waals surface area contributed by atoms with Crippen molar-refractivity contribution in [1.29, 1.82) is 0 Å². The summed E-state index contributed by atoms with van der Waals surface area (Å²) in [5, 5.41) is 5.32. The van der Waals surface area contributed by atoms with Crippen molar-refractivity contribution in [1.82, 2.24) is 9.55 Å². The summed E-state index contributed by atoms with van der Waals surface area (Å²) in [5.41, 5.74) is 5.45. The lowest BCUT2D eigenvalue weighted by Crippen LogP contribution is -2.23. The van der Waals surface area contributed by atoms with E-state index in [0.717, 1.165) is 22.5 Å². The van der Waals surface area contributed by atoms with Gasteiger partial charge in [-0.1, -0.05) is 49.9 Å². The minimum atomic E-state index is -0.139. The SMILES string of the molecule is Cc1cccc(-n2c(SCC(=O)Nc3ccc(C(C)C)cc3)nc3ccsc3c2=O)c1C. The van der Waals surface area contributed by atoms with Crippen molar-refractivity contribution in [2.24, 2.45) is 0 Å². The van der Waals surface area contributed by atoms with E-state index < -0.39 is 0 Å². The Morgan fingerprint density at radius 2 is 1.88 bits per heavy atom. The molecular formula is C25H25N3O2S2. The highest BCUT2D eigenvalue weighted by molar-refractivity contribution is 7.99. The number of aryl methyl sites for hydroxylation is 1. The van der Waals surface area contributed by atoms with Crippen LogP contribution in [0.25, 0.3) is 15.9 Å². The molecule has 164 valence electrons. The first-order valence-corrected chi connectivity index (χ1v) is 12.3. The summed E-state index contributed by atoms with van der Waals surface area (Å²) in [6.45, 7) is 8.29. The number of anilines is 1. The highest BCUT2D eigenvalue weighted by atomic mass is 32.2. The summed E-state index contributed by atoms with van der Waals surface area (Å²) in [6, 6.07) is 15.6. The average molecular weight is 464 g/mol. The van der Waals surface area contributed by atoms with E-state index in [2.05, 4.69) is 19.2 Å². The number of rotatable bonds is 6. The molecule has 0 bridgehead atoms. The Hall–Kier alpha value is -2.90. The lowest BCUT2D eigenvalue weighted by Gasteiger charge is -2.15. The second-order valence-electron chi connectivity index (χ2n) is 8.00. The molecule has 0 aliphatic heterocycles. The molecule has 5 nitrogen and oxygen atoms in total. The largest absolute Gasteiger partial charge is 0.325 e. The molecule has 0 unspecified atom stereocenters. The van der Waals surface area contributed by atoms with E-state index in [1.54, 1.807) is 4.57 Å². The van der Waals surface area contributed by atoms with Gasteiger partial charge in [0.25, 0.3) is 5.56 Å². The topological polar surface area (TPSA) is 64.0 Å². The molecule has 1 N–H and O–H groups in total. The van der Waals surface area contributed by atoms with Crippen LogP contribution in [0, 0.1) is 13.8 Å². The zero-order chi connectivity index (χ0) is 22.8. The van der Waals surface area contributed by atoms with Crippen molar-refractivity contribution in [3.05, 3.63) is 81.0 Å². The van der Waals surface area contributed by atoms with Gasteiger partial charge in [0.1, 0.15) is 4.70 Å². The van der Waals surface area contributed by atoms with Gasteiger partial charge < -0.3 is 5.32 Å². The van der Waals surface area contributed by atoms with Crippen LogP contribution in [0.2, 0.25) is 0 Å². The fourth-order valence-electron chi connectivity index (χ4n) is 3.46. The van der Waals surface area contributed by atoms with Crippen LogP contribution in [0.1, 0.15) is 36.5 Å². The number of benzene rings is 2. The lowest BCUT2D eigenvalue weighted by atomic mass is 10.0. The maximum Gasteiger partial charge on any atom is 0.276 e. The van der Waals surface area contributed by atoms with E-state index in [9.17, 15) is 9.59 Å². The number of amides is 1. The van der Waals surface area contributed by atoms with Crippen LogP contribution in [0.4, 0.5) is 5.69 Å². The van der Waals surface area contributed by atoms with E-state index in [1.165, 1.54) is 28.7 Å². The van der Waals surface area contributed by atoms with E-state index in [4.69, 9.17) is 4.98 Å². The van der Waals surface area contributed by atoms with Gasteiger partial charge in [0.2, 0.25) is 5.91 Å². The van der Waals surface area contributed by atoms with Crippen molar-refractivity contribution < 1.29 is 4.79 Å². The maximum absolute atomic E-state index is 13.3. The summed E-state index contributed by atoms with van der Waals surface area (Å²) in [6.07, 6.45) is 0. The zero-order valence-electron chi connectivity index (χ0n) is 18.5. The number of aromatic nitrogens is 2. The van der Waals surface area contributed by atoms with Gasteiger partial charge in [-0.15, -0.1) is 11.3 Å². The van der Waals surface area contributed by atoms with Crippen LogP contribution in [0.3, 0.4) is 0 Å². The molecule has 0 aliphatic carbocycles. The number of nitrogens with one attached hydrogen (secondary N) is 1. The Morgan fingerprint density at radius 1 is 1.12 bits per heavy atom. The van der Waals surface area contributed by atoms with Gasteiger partial charge in [-0.25, -0.2) is 4.98 Å². The maximum atomic E-state index is 13.3. The predicted molar refractivity (Wildman–Crippen MR) is 135 cm³/mol. The van der Waals surface area contributed by atoms with Crippen LogP contribution in [0.15, 0.2) is 63.9 Å². The average Bonchev–Trinajstić information content (AvgIpc) is 3.24. The second kappa shape index (κ2) is 9.30. The van der Waals surface area contributed by atoms with Crippen molar-refractivity contribution in [3.8, 4) is 5.69 Å². The highest BCUT2D eigenvalue weighted by Crippen LogP contribution is 2.26. The molecule has 2 aromatic heterocycles. The van der Waals surface area contributed by atoms with Crippen molar-refractivity contribution in [2.45, 2.75) is 38.8 Å². The summed E-state index contributed by atoms with van der Waals surface area (Å²) >= 11 is 2.66. The van der Waals surface area contributed by atoms with E-state index >= 15 is 0 Å². The van der Waals surface area contributed by atoms with E-state index in [-0.39, 0.29) is 17.2 Å². The molecular weight excluding hydrogens is 438 g/mol. The quantitative estimate of drug-likeness (QED) is 0.285. The normalized spacial score (nSPS) is 11.3. The minimum absolute atomic E-state index is 0.106. The standard InChI is InChI=1S/C25H25N3O2S2/c1-15(2)18-8-10-19(11-9-18)26-22(29)14-32-25-27-20-12-13-31-23(20)24(30)28(25)21-7-5-6-16(3)17(21)4/h5-13,15H,14H2,1-4H3,(H,26,29). The van der Waals surface area contributed by atoms with Gasteiger partial charge in [0.15, 0.2) is 5.16 Å². The summed E-state index contributed by atoms with van der Waals surface area (Å²) in [4.78, 5) is 30.7. The molecule has 32 heavy (non-hydrogen) atoms. The molecule has 4 aromatic rings. The van der Waals surface area contributed by atoms with Gasteiger partial charge in [0, 0.05) is 5.69 Å². The molecule has 0 fully saturated rings. The molecule has 0 radical (unpaired) electrons. The molecule has 0 aliphatic rings. The molecule has 1 amide bonds. The molecule has 0 atom stereocenters. The van der Waals surface area contributed by atoms with Gasteiger partial charge in [-0.3, -0.25) is 14.2 Å². The minimum Gasteiger partial charge on any atom is -0.325 e. The zero-order valence-corrected chi connectivity index (χ0v) is 20.1. The summed E-state index contributed by atoms with van der Waals surface area (Å²) in [5.74, 6) is 0.452. The Balaban J connectivity index is 1.62. The van der Waals surface area contributed by atoms with Crippen LogP contribution in [-0.4, -0.2) is 21.2 Å². The molecule has 4 rings (SSSR count). The van der Waals surface area contributed by atoms with Crippen molar-refractivity contribution in [2.75, 3.05) is 11.1 Å².